The summed E-state index contributed by atoms with van der Waals surface area (Å²) in [5.74, 6) is 0.0467. The van der Waals surface area contributed by atoms with Crippen LogP contribution >= 0.6 is 0 Å². The van der Waals surface area contributed by atoms with Crippen LogP contribution in [0.4, 0.5) is 4.79 Å². The predicted molar refractivity (Wildman–Crippen MR) is 94.9 cm³/mol. The van der Waals surface area contributed by atoms with E-state index in [0.29, 0.717) is 13.2 Å². The van der Waals surface area contributed by atoms with Crippen LogP contribution in [0.2, 0.25) is 0 Å². The fraction of sp³-hybridized carbons (Fsp3) is 0.632. The number of carbonyl (C=O) groups excluding carboxylic acids is 1. The third-order valence-corrected chi connectivity index (χ3v) is 4.74. The Hall–Kier alpha value is -1.59. The Kier molecular flexibility index (Phi) is 7.53. The molecule has 5 heteroatoms. The maximum absolute atomic E-state index is 11.8. The van der Waals surface area contributed by atoms with Crippen LogP contribution in [0, 0.1) is 5.92 Å². The van der Waals surface area contributed by atoms with Gasteiger partial charge in [-0.2, -0.15) is 0 Å². The van der Waals surface area contributed by atoms with Gasteiger partial charge in [0.15, 0.2) is 0 Å². The van der Waals surface area contributed by atoms with Gasteiger partial charge in [-0.05, 0) is 49.7 Å². The van der Waals surface area contributed by atoms with E-state index < -0.39 is 0 Å². The van der Waals surface area contributed by atoms with Gasteiger partial charge in [0, 0.05) is 25.8 Å². The number of benzene rings is 1. The molecule has 2 rings (SSSR count). The minimum absolute atomic E-state index is 0.0467. The van der Waals surface area contributed by atoms with Gasteiger partial charge < -0.3 is 20.5 Å². The second-order valence-corrected chi connectivity index (χ2v) is 6.65. The van der Waals surface area contributed by atoms with Crippen LogP contribution in [0.25, 0.3) is 0 Å². The highest BCUT2D eigenvalue weighted by atomic mass is 16.5. The second-order valence-electron chi connectivity index (χ2n) is 6.65. The van der Waals surface area contributed by atoms with Crippen LogP contribution in [0.5, 0.6) is 0 Å². The van der Waals surface area contributed by atoms with E-state index >= 15 is 0 Å². The third kappa shape index (κ3) is 5.49. The van der Waals surface area contributed by atoms with Crippen molar-refractivity contribution in [3.8, 4) is 0 Å². The van der Waals surface area contributed by atoms with Crippen molar-refractivity contribution in [3.05, 3.63) is 35.4 Å². The number of hydrogen-bond acceptors (Lipinski definition) is 3. The molecule has 3 N–H and O–H groups in total. The summed E-state index contributed by atoms with van der Waals surface area (Å²) < 4.78 is 6.02. The molecule has 0 aliphatic heterocycles. The van der Waals surface area contributed by atoms with Gasteiger partial charge in [0.2, 0.25) is 0 Å². The standard InChI is InChI=1S/C19H30N2O3/c1-14(13-22)15(2)21-19(23)20-11-6-12-24-18-10-5-8-16-7-3-4-9-17(16)18/h3-4,7,9,14-15,18,22H,5-6,8,10-13H2,1-2H3,(H2,20,21,23). The van der Waals surface area contributed by atoms with Crippen molar-refractivity contribution in [2.75, 3.05) is 19.8 Å². The fourth-order valence-corrected chi connectivity index (χ4v) is 2.94. The summed E-state index contributed by atoms with van der Waals surface area (Å²) >= 11 is 0. The van der Waals surface area contributed by atoms with Crippen molar-refractivity contribution in [1.82, 2.24) is 10.6 Å². The van der Waals surface area contributed by atoms with Crippen LogP contribution in [0.15, 0.2) is 24.3 Å². The SMILES string of the molecule is CC(CO)C(C)NC(=O)NCCCOC1CCCc2ccccc21. The number of carbonyl (C=O) groups is 1. The van der Waals surface area contributed by atoms with Gasteiger partial charge in [-0.15, -0.1) is 0 Å². The first-order valence-corrected chi connectivity index (χ1v) is 8.96. The molecule has 3 atom stereocenters. The number of ether oxygens (including phenoxy) is 1. The number of aliphatic hydroxyl groups excluding tert-OH is 1. The third-order valence-electron chi connectivity index (χ3n) is 4.74. The lowest BCUT2D eigenvalue weighted by atomic mass is 9.89. The molecule has 0 saturated carbocycles. The number of aryl methyl sites for hydroxylation is 1. The first kappa shape index (κ1) is 18.7. The molecule has 0 fully saturated rings. The van der Waals surface area contributed by atoms with E-state index in [1.165, 1.54) is 17.5 Å². The Labute approximate surface area is 144 Å². The van der Waals surface area contributed by atoms with E-state index in [1.807, 2.05) is 13.8 Å². The molecule has 0 heterocycles. The summed E-state index contributed by atoms with van der Waals surface area (Å²) in [5, 5.41) is 14.7. The summed E-state index contributed by atoms with van der Waals surface area (Å²) in [4.78, 5) is 11.8. The Balaban J connectivity index is 1.63. The molecule has 1 aromatic rings. The summed E-state index contributed by atoms with van der Waals surface area (Å²) in [5.41, 5.74) is 2.72. The van der Waals surface area contributed by atoms with E-state index in [1.54, 1.807) is 0 Å². The molecule has 2 amide bonds. The normalized spacial score (nSPS) is 19.2. The first-order chi connectivity index (χ1) is 11.6. The molecule has 3 unspecified atom stereocenters. The number of amides is 2. The van der Waals surface area contributed by atoms with Gasteiger partial charge in [0.05, 0.1) is 6.10 Å². The zero-order valence-corrected chi connectivity index (χ0v) is 14.8. The fourth-order valence-electron chi connectivity index (χ4n) is 2.94. The average Bonchev–Trinajstić information content (AvgIpc) is 2.60. The van der Waals surface area contributed by atoms with E-state index in [-0.39, 0.29) is 30.7 Å². The van der Waals surface area contributed by atoms with Crippen molar-refractivity contribution in [1.29, 1.82) is 0 Å². The number of nitrogens with one attached hydrogen (secondary N) is 2. The molecule has 1 aliphatic carbocycles. The molecule has 0 aromatic heterocycles. The van der Waals surface area contributed by atoms with Crippen LogP contribution in [-0.2, 0) is 11.2 Å². The lowest BCUT2D eigenvalue weighted by Crippen LogP contribution is -2.44. The maximum Gasteiger partial charge on any atom is 0.315 e. The van der Waals surface area contributed by atoms with E-state index in [9.17, 15) is 4.79 Å². The molecule has 1 aromatic carbocycles. The first-order valence-electron chi connectivity index (χ1n) is 8.96. The van der Waals surface area contributed by atoms with Crippen LogP contribution in [0.1, 0.15) is 50.3 Å². The number of rotatable bonds is 8. The molecule has 0 bridgehead atoms. The zero-order chi connectivity index (χ0) is 17.4. The van der Waals surface area contributed by atoms with E-state index in [0.717, 1.165) is 19.3 Å². The molecule has 5 nitrogen and oxygen atoms in total. The molecule has 134 valence electrons. The number of fused-ring (bicyclic) bond motifs is 1. The highest BCUT2D eigenvalue weighted by molar-refractivity contribution is 5.74. The highest BCUT2D eigenvalue weighted by Crippen LogP contribution is 2.32. The van der Waals surface area contributed by atoms with Gasteiger partial charge in [-0.3, -0.25) is 0 Å². The molecule has 0 saturated heterocycles. The van der Waals surface area contributed by atoms with E-state index in [4.69, 9.17) is 9.84 Å². The molecular formula is C19H30N2O3. The number of urea groups is 1. The largest absolute Gasteiger partial charge is 0.396 e. The highest BCUT2D eigenvalue weighted by Gasteiger charge is 2.20. The lowest BCUT2D eigenvalue weighted by molar-refractivity contribution is 0.0396. The quantitative estimate of drug-likeness (QED) is 0.640. The Bertz CT molecular complexity index is 521. The number of hydrogen-bond donors (Lipinski definition) is 3. The summed E-state index contributed by atoms with van der Waals surface area (Å²) in [7, 11) is 0. The van der Waals surface area contributed by atoms with Crippen molar-refractivity contribution in [2.45, 2.75) is 51.7 Å². The maximum atomic E-state index is 11.8. The van der Waals surface area contributed by atoms with Crippen molar-refractivity contribution < 1.29 is 14.6 Å². The van der Waals surface area contributed by atoms with Crippen molar-refractivity contribution >= 4 is 6.03 Å². The van der Waals surface area contributed by atoms with Crippen LogP contribution in [-0.4, -0.2) is 36.9 Å². The smallest absolute Gasteiger partial charge is 0.315 e. The Morgan fingerprint density at radius 1 is 1.38 bits per heavy atom. The monoisotopic (exact) mass is 334 g/mol. The molecule has 0 spiro atoms. The molecule has 1 aliphatic rings. The average molecular weight is 334 g/mol. The number of aliphatic hydroxyl groups is 1. The molecule has 24 heavy (non-hydrogen) atoms. The summed E-state index contributed by atoms with van der Waals surface area (Å²) in [6.07, 6.45) is 4.36. The zero-order valence-electron chi connectivity index (χ0n) is 14.8. The molecule has 0 radical (unpaired) electrons. The molecular weight excluding hydrogens is 304 g/mol. The van der Waals surface area contributed by atoms with Gasteiger partial charge >= 0.3 is 6.03 Å². The van der Waals surface area contributed by atoms with Gasteiger partial charge in [0.1, 0.15) is 0 Å². The minimum atomic E-state index is -0.189. The Morgan fingerprint density at radius 2 is 2.17 bits per heavy atom. The Morgan fingerprint density at radius 3 is 2.96 bits per heavy atom. The minimum Gasteiger partial charge on any atom is -0.396 e. The summed E-state index contributed by atoms with van der Waals surface area (Å²) in [6, 6.07) is 8.26. The summed E-state index contributed by atoms with van der Waals surface area (Å²) in [6.45, 7) is 5.09. The van der Waals surface area contributed by atoms with Crippen LogP contribution < -0.4 is 10.6 Å². The lowest BCUT2D eigenvalue weighted by Gasteiger charge is -2.25. The van der Waals surface area contributed by atoms with Gasteiger partial charge in [-0.1, -0.05) is 31.2 Å². The topological polar surface area (TPSA) is 70.6 Å². The van der Waals surface area contributed by atoms with Gasteiger partial charge in [0.25, 0.3) is 0 Å². The predicted octanol–water partition coefficient (Wildman–Crippen LogP) is 2.79. The van der Waals surface area contributed by atoms with Crippen LogP contribution in [0.3, 0.4) is 0 Å². The van der Waals surface area contributed by atoms with E-state index in [2.05, 4.69) is 34.9 Å². The second kappa shape index (κ2) is 9.64. The van der Waals surface area contributed by atoms with Gasteiger partial charge in [-0.25, -0.2) is 4.79 Å². The van der Waals surface area contributed by atoms with Crippen molar-refractivity contribution in [3.63, 3.8) is 0 Å². The van der Waals surface area contributed by atoms with Crippen molar-refractivity contribution in [2.24, 2.45) is 5.92 Å².